The maximum absolute atomic E-state index is 10.5. The van der Waals surface area contributed by atoms with E-state index in [0.29, 0.717) is 5.56 Å². The normalized spacial score (nSPS) is 24.5. The van der Waals surface area contributed by atoms with Crippen LogP contribution in [0.4, 0.5) is 0 Å². The van der Waals surface area contributed by atoms with Crippen LogP contribution in [0, 0.1) is 18.8 Å². The molecule has 0 heterocycles. The van der Waals surface area contributed by atoms with Crippen LogP contribution in [-0.4, -0.2) is 16.2 Å². The molecule has 0 aliphatic heterocycles. The minimum Gasteiger partial charge on any atom is -0.507 e. The Morgan fingerprint density at radius 3 is 2.24 bits per heavy atom. The molecule has 1 aromatic carbocycles. The third-order valence-electron chi connectivity index (χ3n) is 3.68. The number of hydrogen-bond acceptors (Lipinski definition) is 2. The molecule has 2 fully saturated rings. The number of hydrogen-bond donors (Lipinski definition) is 2. The van der Waals surface area contributed by atoms with Crippen molar-refractivity contribution in [1.29, 1.82) is 0 Å². The fourth-order valence-electron chi connectivity index (χ4n) is 2.59. The molecule has 2 saturated carbocycles. The zero-order chi connectivity index (χ0) is 12.4. The van der Waals surface area contributed by atoms with Gasteiger partial charge in [0.2, 0.25) is 0 Å². The minimum absolute atomic E-state index is 0.0208. The molecule has 3 rings (SSSR count). The van der Waals surface area contributed by atoms with Gasteiger partial charge in [-0.3, -0.25) is 0 Å². The van der Waals surface area contributed by atoms with Crippen LogP contribution in [0.2, 0.25) is 0 Å². The number of aryl methyl sites for hydroxylation is 1. The topological polar surface area (TPSA) is 57.5 Å². The van der Waals surface area contributed by atoms with Gasteiger partial charge in [0.15, 0.2) is 0 Å². The van der Waals surface area contributed by atoms with E-state index in [1.807, 2.05) is 0 Å². The van der Waals surface area contributed by atoms with Crippen molar-refractivity contribution in [2.75, 3.05) is 0 Å². The number of aromatic hydroxyl groups is 1. The second-order valence-corrected chi connectivity index (χ2v) is 4.96. The first kappa shape index (κ1) is 12.0. The van der Waals surface area contributed by atoms with Crippen molar-refractivity contribution in [3.8, 4) is 5.75 Å². The lowest BCUT2D eigenvalue weighted by Crippen LogP contribution is -1.99. The van der Waals surface area contributed by atoms with Crippen LogP contribution in [0.25, 0.3) is 0 Å². The first-order valence-electron chi connectivity index (χ1n) is 6.11. The first-order valence-corrected chi connectivity index (χ1v) is 6.11. The van der Waals surface area contributed by atoms with Crippen LogP contribution in [0.1, 0.15) is 41.6 Å². The number of benzene rings is 1. The van der Waals surface area contributed by atoms with E-state index in [2.05, 4.69) is 0 Å². The molecular weight excluding hydrogens is 216 g/mol. The molecule has 0 spiro atoms. The zero-order valence-corrected chi connectivity index (χ0v) is 10.0. The molecule has 3 heteroatoms. The van der Waals surface area contributed by atoms with E-state index in [9.17, 15) is 4.79 Å². The molecule has 2 unspecified atom stereocenters. The molecule has 1 aromatic rings. The van der Waals surface area contributed by atoms with Gasteiger partial charge in [0.1, 0.15) is 11.3 Å². The molecule has 2 atom stereocenters. The lowest BCUT2D eigenvalue weighted by molar-refractivity contribution is 0.0693. The predicted octanol–water partition coefficient (Wildman–Crippen LogP) is 3.21. The van der Waals surface area contributed by atoms with Crippen LogP contribution >= 0.6 is 0 Å². The summed E-state index contributed by atoms with van der Waals surface area (Å²) in [4.78, 5) is 10.5. The number of carbonyl (C=O) groups is 1. The van der Waals surface area contributed by atoms with E-state index in [1.54, 1.807) is 38.3 Å². The molecule has 0 aromatic heterocycles. The lowest BCUT2D eigenvalue weighted by Gasteiger charge is -2.01. The highest BCUT2D eigenvalue weighted by Gasteiger charge is 2.40. The summed E-state index contributed by atoms with van der Waals surface area (Å²) in [5, 5.41) is 17.7. The fourth-order valence-corrected chi connectivity index (χ4v) is 2.59. The lowest BCUT2D eigenvalue weighted by atomic mass is 10.1. The van der Waals surface area contributed by atoms with Gasteiger partial charge >= 0.3 is 5.97 Å². The molecule has 0 radical (unpaired) electrons. The Labute approximate surface area is 101 Å². The van der Waals surface area contributed by atoms with Crippen molar-refractivity contribution in [1.82, 2.24) is 0 Å². The summed E-state index contributed by atoms with van der Waals surface area (Å²) < 4.78 is 0. The van der Waals surface area contributed by atoms with Gasteiger partial charge in [-0.25, -0.2) is 4.79 Å². The summed E-state index contributed by atoms with van der Waals surface area (Å²) in [6.07, 6.45) is 6.24. The molecule has 92 valence electrons. The van der Waals surface area contributed by atoms with Crippen LogP contribution < -0.4 is 0 Å². The molecular formula is C14H18O3. The van der Waals surface area contributed by atoms with Gasteiger partial charge in [0, 0.05) is 0 Å². The van der Waals surface area contributed by atoms with E-state index < -0.39 is 5.97 Å². The summed E-state index contributed by atoms with van der Waals surface area (Å²) >= 11 is 0. The highest BCUT2D eigenvalue weighted by molar-refractivity contribution is 5.92. The summed E-state index contributed by atoms with van der Waals surface area (Å²) in [5.41, 5.74) is 0.546. The number of carboxylic acids is 1. The maximum atomic E-state index is 10.5. The van der Waals surface area contributed by atoms with Gasteiger partial charge in [-0.05, 0) is 36.8 Å². The van der Waals surface area contributed by atoms with Gasteiger partial charge in [0.25, 0.3) is 0 Å². The Bertz CT molecular complexity index is 397. The number of fused-ring (bicyclic) bond motifs is 1. The van der Waals surface area contributed by atoms with Gasteiger partial charge in [-0.2, -0.15) is 0 Å². The number of phenols is 1. The predicted molar refractivity (Wildman–Crippen MR) is 65.3 cm³/mol. The third kappa shape index (κ3) is 2.78. The van der Waals surface area contributed by atoms with E-state index in [4.69, 9.17) is 10.2 Å². The molecule has 3 nitrogen and oxygen atoms in total. The molecule has 2 aliphatic carbocycles. The smallest absolute Gasteiger partial charge is 0.339 e. The fraction of sp³-hybridized carbons (Fsp3) is 0.500. The monoisotopic (exact) mass is 234 g/mol. The van der Waals surface area contributed by atoms with Crippen molar-refractivity contribution >= 4 is 5.97 Å². The second-order valence-electron chi connectivity index (χ2n) is 4.96. The highest BCUT2D eigenvalue weighted by Crippen LogP contribution is 2.51. The molecule has 0 amide bonds. The van der Waals surface area contributed by atoms with E-state index in [-0.39, 0.29) is 11.3 Å². The highest BCUT2D eigenvalue weighted by atomic mass is 16.4. The van der Waals surface area contributed by atoms with Gasteiger partial charge in [-0.1, -0.05) is 31.4 Å². The maximum Gasteiger partial charge on any atom is 0.339 e. The summed E-state index contributed by atoms with van der Waals surface area (Å²) in [6, 6.07) is 4.61. The standard InChI is InChI=1S/C8H8O3.C6H10/c1-5-3-2-4-6(9)7(5)8(10)11;1-2-5-4-6(5)3-1/h2-4,9H,1H3,(H,10,11);5-6H,1-4H2. The van der Waals surface area contributed by atoms with Crippen molar-refractivity contribution in [3.05, 3.63) is 29.3 Å². The SMILES string of the molecule is C1CC2CC2C1.Cc1cccc(O)c1C(=O)O. The van der Waals surface area contributed by atoms with E-state index >= 15 is 0 Å². The van der Waals surface area contributed by atoms with Gasteiger partial charge < -0.3 is 10.2 Å². The largest absolute Gasteiger partial charge is 0.507 e. The van der Waals surface area contributed by atoms with Crippen molar-refractivity contribution in [2.45, 2.75) is 32.6 Å². The first-order chi connectivity index (χ1) is 8.09. The second kappa shape index (κ2) is 4.78. The molecule has 0 bridgehead atoms. The summed E-state index contributed by atoms with van der Waals surface area (Å²) in [5.74, 6) is 1.15. The third-order valence-corrected chi connectivity index (χ3v) is 3.68. The van der Waals surface area contributed by atoms with Crippen LogP contribution in [0.5, 0.6) is 5.75 Å². The van der Waals surface area contributed by atoms with Crippen LogP contribution in [-0.2, 0) is 0 Å². The van der Waals surface area contributed by atoms with E-state index in [1.165, 1.54) is 24.3 Å². The van der Waals surface area contributed by atoms with Crippen LogP contribution in [0.15, 0.2) is 18.2 Å². The van der Waals surface area contributed by atoms with E-state index in [0.717, 1.165) is 0 Å². The Hall–Kier alpha value is -1.51. The van der Waals surface area contributed by atoms with Crippen molar-refractivity contribution < 1.29 is 15.0 Å². The summed E-state index contributed by atoms with van der Waals surface area (Å²) in [6.45, 7) is 1.64. The molecule has 0 saturated heterocycles. The number of rotatable bonds is 1. The minimum atomic E-state index is -1.10. The van der Waals surface area contributed by atoms with Gasteiger partial charge in [0.05, 0.1) is 0 Å². The Balaban J connectivity index is 0.000000148. The number of aromatic carboxylic acids is 1. The summed E-state index contributed by atoms with van der Waals surface area (Å²) in [7, 11) is 0. The van der Waals surface area contributed by atoms with Gasteiger partial charge in [-0.15, -0.1) is 0 Å². The van der Waals surface area contributed by atoms with Crippen molar-refractivity contribution in [2.24, 2.45) is 11.8 Å². The number of carboxylic acid groups (broad SMARTS) is 1. The Kier molecular flexibility index (Phi) is 3.36. The average Bonchev–Trinajstić information content (AvgIpc) is 2.86. The Morgan fingerprint density at radius 1 is 1.29 bits per heavy atom. The molecule has 2 aliphatic rings. The Morgan fingerprint density at radius 2 is 1.94 bits per heavy atom. The average molecular weight is 234 g/mol. The molecule has 2 N–H and O–H groups in total. The van der Waals surface area contributed by atoms with Crippen molar-refractivity contribution in [3.63, 3.8) is 0 Å². The zero-order valence-electron chi connectivity index (χ0n) is 10.0. The molecule has 17 heavy (non-hydrogen) atoms. The quantitative estimate of drug-likeness (QED) is 0.784. The van der Waals surface area contributed by atoms with Crippen LogP contribution in [0.3, 0.4) is 0 Å².